The lowest BCUT2D eigenvalue weighted by atomic mass is 9.90. The highest BCUT2D eigenvalue weighted by Crippen LogP contribution is 2.38. The summed E-state index contributed by atoms with van der Waals surface area (Å²) >= 11 is 3.22. The number of nitrogens with one attached hydrogen (secondary N) is 1. The highest BCUT2D eigenvalue weighted by Gasteiger charge is 2.46. The molecule has 1 aliphatic heterocycles. The van der Waals surface area contributed by atoms with E-state index in [4.69, 9.17) is 10.5 Å². The Bertz CT molecular complexity index is 916. The van der Waals surface area contributed by atoms with Gasteiger partial charge in [0.1, 0.15) is 24.0 Å². The Hall–Kier alpha value is -2.17. The number of carbonyl (C=O) groups excluding carboxylic acids is 1. The molecule has 0 saturated carbocycles. The summed E-state index contributed by atoms with van der Waals surface area (Å²) in [7, 11) is 0. The molecule has 0 saturated heterocycles. The monoisotopic (exact) mass is 478 g/mol. The number of alkyl halides is 2. The topological polar surface area (TPSA) is 89.6 Å². The van der Waals surface area contributed by atoms with Gasteiger partial charge in [-0.2, -0.15) is 0 Å². The molecule has 1 aromatic heterocycles. The molecule has 1 aromatic carbocycles. The second kappa shape index (κ2) is 8.89. The molecule has 2 aromatic rings. The largest absolute Gasteiger partial charge is 0.385 e. The summed E-state index contributed by atoms with van der Waals surface area (Å²) in [5.41, 5.74) is 3.05. The van der Waals surface area contributed by atoms with Gasteiger partial charge in [0, 0.05) is 21.9 Å². The Morgan fingerprint density at radius 3 is 2.71 bits per heavy atom. The van der Waals surface area contributed by atoms with Crippen molar-refractivity contribution in [3.8, 4) is 0 Å². The molecule has 3 rings (SSSR count). The van der Waals surface area contributed by atoms with Crippen molar-refractivity contribution < 1.29 is 22.7 Å². The minimum Gasteiger partial charge on any atom is -0.385 e. The Morgan fingerprint density at radius 2 is 2.07 bits per heavy atom. The predicted molar refractivity (Wildman–Crippen MR) is 104 cm³/mol. The fourth-order valence-corrected chi connectivity index (χ4v) is 2.99. The number of nitrogens with zero attached hydrogens (tertiary/aromatic N) is 2. The van der Waals surface area contributed by atoms with Crippen molar-refractivity contribution in [2.45, 2.75) is 12.0 Å². The van der Waals surface area contributed by atoms with Crippen LogP contribution in [0.4, 0.5) is 18.9 Å². The van der Waals surface area contributed by atoms with Crippen molar-refractivity contribution in [3.63, 3.8) is 0 Å². The zero-order valence-electron chi connectivity index (χ0n) is 14.2. The molecule has 1 aliphatic rings. The number of carbonyl (C=O) groups is 1. The first-order valence-corrected chi connectivity index (χ1v) is 8.54. The van der Waals surface area contributed by atoms with Crippen molar-refractivity contribution in [3.05, 3.63) is 58.1 Å². The molecular formula is C17H15BrClF3N4O2. The second-order valence-electron chi connectivity index (χ2n) is 5.83. The maximum absolute atomic E-state index is 14.4. The number of anilines is 1. The van der Waals surface area contributed by atoms with Crippen LogP contribution in [0.15, 0.2) is 46.0 Å². The fourth-order valence-electron chi connectivity index (χ4n) is 2.66. The van der Waals surface area contributed by atoms with Crippen molar-refractivity contribution >= 4 is 45.8 Å². The molecule has 3 N–H and O–H groups in total. The first kappa shape index (κ1) is 22.1. The lowest BCUT2D eigenvalue weighted by Crippen LogP contribution is -2.45. The van der Waals surface area contributed by atoms with Gasteiger partial charge in [-0.1, -0.05) is 15.9 Å². The summed E-state index contributed by atoms with van der Waals surface area (Å²) in [6.45, 7) is -0.645. The standard InChI is InChI=1S/C17H14BrF3N4O2.ClH/c18-9-3-4-23-13(5-9)15(26)24-10-1-2-12(19)11(6-10)17(16(20)21)8-27-7-14(22)25-17;/h1-6,16H,7-8H2,(H2,22,25)(H,24,26);1H. The molecule has 1 atom stereocenters. The second-order valence-corrected chi connectivity index (χ2v) is 6.74. The van der Waals surface area contributed by atoms with E-state index in [9.17, 15) is 18.0 Å². The van der Waals surface area contributed by atoms with E-state index in [1.165, 1.54) is 18.3 Å². The van der Waals surface area contributed by atoms with Gasteiger partial charge in [0.05, 0.1) is 6.61 Å². The minimum atomic E-state index is -3.07. The van der Waals surface area contributed by atoms with E-state index in [-0.39, 0.29) is 36.2 Å². The molecule has 150 valence electrons. The van der Waals surface area contributed by atoms with Crippen LogP contribution in [-0.4, -0.2) is 36.4 Å². The van der Waals surface area contributed by atoms with Crippen LogP contribution in [0.1, 0.15) is 16.1 Å². The highest BCUT2D eigenvalue weighted by molar-refractivity contribution is 9.10. The van der Waals surface area contributed by atoms with Crippen LogP contribution in [0.5, 0.6) is 0 Å². The van der Waals surface area contributed by atoms with Crippen molar-refractivity contribution in [1.82, 2.24) is 4.98 Å². The van der Waals surface area contributed by atoms with Gasteiger partial charge in [-0.25, -0.2) is 13.2 Å². The van der Waals surface area contributed by atoms with Gasteiger partial charge in [0.25, 0.3) is 12.3 Å². The number of nitrogens with two attached hydrogens (primary N) is 1. The number of hydrogen-bond donors (Lipinski definition) is 2. The maximum Gasteiger partial charge on any atom is 0.274 e. The van der Waals surface area contributed by atoms with Crippen molar-refractivity contribution in [2.75, 3.05) is 18.5 Å². The van der Waals surface area contributed by atoms with Crippen LogP contribution in [0.25, 0.3) is 0 Å². The lowest BCUT2D eigenvalue weighted by molar-refractivity contribution is -0.0145. The summed E-state index contributed by atoms with van der Waals surface area (Å²) < 4.78 is 47.7. The number of amidine groups is 1. The van der Waals surface area contributed by atoms with Crippen LogP contribution in [-0.2, 0) is 10.3 Å². The molecule has 2 heterocycles. The highest BCUT2D eigenvalue weighted by atomic mass is 79.9. The average molecular weight is 480 g/mol. The summed E-state index contributed by atoms with van der Waals surface area (Å²) in [4.78, 5) is 20.0. The summed E-state index contributed by atoms with van der Waals surface area (Å²) in [6, 6.07) is 6.46. The molecule has 1 unspecified atom stereocenters. The summed E-state index contributed by atoms with van der Waals surface area (Å²) in [5, 5.41) is 2.51. The molecule has 6 nitrogen and oxygen atoms in total. The molecule has 11 heteroatoms. The van der Waals surface area contributed by atoms with E-state index in [0.29, 0.717) is 4.47 Å². The van der Waals surface area contributed by atoms with Gasteiger partial charge in [-0.05, 0) is 30.3 Å². The lowest BCUT2D eigenvalue weighted by Gasteiger charge is -2.33. The van der Waals surface area contributed by atoms with E-state index in [0.717, 1.165) is 12.1 Å². The van der Waals surface area contributed by atoms with Gasteiger partial charge in [0.15, 0.2) is 5.54 Å². The van der Waals surface area contributed by atoms with Gasteiger partial charge >= 0.3 is 0 Å². The molecule has 0 bridgehead atoms. The normalized spacial score (nSPS) is 19.0. The average Bonchev–Trinajstić information content (AvgIpc) is 2.63. The molecule has 1 amide bonds. The Kier molecular flexibility index (Phi) is 7.02. The summed E-state index contributed by atoms with van der Waals surface area (Å²) in [5.74, 6) is -1.65. The van der Waals surface area contributed by atoms with E-state index < -0.39 is 35.9 Å². The SMILES string of the molecule is Cl.NC1=NC(c2cc(NC(=O)c3cc(Br)ccn3)ccc2F)(C(F)F)COC1. The number of aromatic nitrogens is 1. The number of amides is 1. The zero-order chi connectivity index (χ0) is 19.6. The molecule has 0 spiro atoms. The Morgan fingerprint density at radius 1 is 1.32 bits per heavy atom. The van der Waals surface area contributed by atoms with E-state index in [2.05, 4.69) is 31.2 Å². The van der Waals surface area contributed by atoms with E-state index in [1.807, 2.05) is 0 Å². The summed E-state index contributed by atoms with van der Waals surface area (Å²) in [6.07, 6.45) is -1.64. The quantitative estimate of drug-likeness (QED) is 0.702. The van der Waals surface area contributed by atoms with Crippen LogP contribution < -0.4 is 11.1 Å². The van der Waals surface area contributed by atoms with Gasteiger partial charge in [0.2, 0.25) is 0 Å². The third kappa shape index (κ3) is 4.45. The van der Waals surface area contributed by atoms with E-state index >= 15 is 0 Å². The minimum absolute atomic E-state index is 0. The third-order valence-corrected chi connectivity index (χ3v) is 4.41. The third-order valence-electron chi connectivity index (χ3n) is 3.92. The van der Waals surface area contributed by atoms with Crippen LogP contribution in [0.2, 0.25) is 0 Å². The fraction of sp³-hybridized carbons (Fsp3) is 0.235. The number of aliphatic imine (C=N–C) groups is 1. The smallest absolute Gasteiger partial charge is 0.274 e. The van der Waals surface area contributed by atoms with Crippen molar-refractivity contribution in [1.29, 1.82) is 0 Å². The maximum atomic E-state index is 14.4. The van der Waals surface area contributed by atoms with Crippen molar-refractivity contribution in [2.24, 2.45) is 10.7 Å². The Balaban J connectivity index is 0.00000280. The number of hydrogen-bond acceptors (Lipinski definition) is 5. The molecular weight excluding hydrogens is 465 g/mol. The number of ether oxygens (including phenoxy) is 1. The molecule has 28 heavy (non-hydrogen) atoms. The first-order chi connectivity index (χ1) is 12.8. The Labute approximate surface area is 172 Å². The van der Waals surface area contributed by atoms with Crippen LogP contribution in [0, 0.1) is 5.82 Å². The van der Waals surface area contributed by atoms with Crippen LogP contribution in [0.3, 0.4) is 0 Å². The van der Waals surface area contributed by atoms with Crippen LogP contribution >= 0.6 is 28.3 Å². The van der Waals surface area contributed by atoms with E-state index in [1.54, 1.807) is 6.07 Å². The molecule has 0 aliphatic carbocycles. The van der Waals surface area contributed by atoms with Gasteiger partial charge in [-0.15, -0.1) is 12.4 Å². The molecule has 0 radical (unpaired) electrons. The molecule has 0 fully saturated rings. The number of halogens is 5. The number of rotatable bonds is 4. The zero-order valence-corrected chi connectivity index (χ0v) is 16.6. The number of benzene rings is 1. The van der Waals surface area contributed by atoms with Gasteiger partial charge in [-0.3, -0.25) is 14.8 Å². The predicted octanol–water partition coefficient (Wildman–Crippen LogP) is 3.51. The first-order valence-electron chi connectivity index (χ1n) is 7.75. The number of pyridine rings is 1. The van der Waals surface area contributed by atoms with Gasteiger partial charge < -0.3 is 15.8 Å².